The molecule has 0 aliphatic carbocycles. The van der Waals surface area contributed by atoms with E-state index in [0.29, 0.717) is 46.9 Å². The largest absolute Gasteiger partial charge is 0.491 e. The van der Waals surface area contributed by atoms with Gasteiger partial charge in [-0.25, -0.2) is 4.98 Å². The SMILES string of the molecule is O=C(CN1CCN(c2ccc(OC[C@@H]3CO[C@@](Cn4ccnc4)(c4ccc(Cl)cc4Cl)O3)cc2)CC1)Nc1ccc(Cl)cc1. The van der Waals surface area contributed by atoms with Crippen LogP contribution in [0.2, 0.25) is 15.1 Å². The van der Waals surface area contributed by atoms with Crippen LogP contribution in [-0.2, 0) is 26.6 Å². The van der Waals surface area contributed by atoms with Crippen molar-refractivity contribution in [3.63, 3.8) is 0 Å². The zero-order valence-electron chi connectivity index (χ0n) is 23.9. The highest BCUT2D eigenvalue weighted by Gasteiger charge is 2.45. The van der Waals surface area contributed by atoms with Crippen molar-refractivity contribution in [3.8, 4) is 5.75 Å². The maximum absolute atomic E-state index is 12.5. The van der Waals surface area contributed by atoms with Crippen molar-refractivity contribution < 1.29 is 19.0 Å². The number of hydrogen-bond acceptors (Lipinski definition) is 7. The van der Waals surface area contributed by atoms with E-state index in [1.807, 2.05) is 29.0 Å². The first-order valence-electron chi connectivity index (χ1n) is 14.3. The van der Waals surface area contributed by atoms with Crippen LogP contribution in [0.5, 0.6) is 5.75 Å². The predicted octanol–water partition coefficient (Wildman–Crippen LogP) is 5.95. The first-order valence-corrected chi connectivity index (χ1v) is 15.5. The number of carbonyl (C=O) groups excluding carboxylic acids is 1. The van der Waals surface area contributed by atoms with E-state index in [1.165, 1.54) is 0 Å². The first-order chi connectivity index (χ1) is 21.3. The Morgan fingerprint density at radius 2 is 1.73 bits per heavy atom. The minimum atomic E-state index is -1.10. The second-order valence-electron chi connectivity index (χ2n) is 10.8. The van der Waals surface area contributed by atoms with Gasteiger partial charge in [-0.05, 0) is 60.7 Å². The summed E-state index contributed by atoms with van der Waals surface area (Å²) in [6.45, 7) is 4.63. The molecule has 0 spiro atoms. The molecule has 0 radical (unpaired) electrons. The lowest BCUT2D eigenvalue weighted by atomic mass is 10.1. The normalized spacial score (nSPS) is 20.5. The van der Waals surface area contributed by atoms with E-state index in [4.69, 9.17) is 49.0 Å². The summed E-state index contributed by atoms with van der Waals surface area (Å²) in [5.41, 5.74) is 2.55. The standard InChI is InChI=1S/C32H32Cl3N5O4/c33-23-1-4-25(5-2-23)37-31(41)18-38-13-15-40(16-14-38)26-6-8-27(9-7-26)42-19-28-20-43-32(44-28,21-39-12-11-36-22-39)29-10-3-24(34)17-30(29)35/h1-12,17,22,28H,13-16,18-21H2,(H,37,41)/t28-,32-/m1/s1. The van der Waals surface area contributed by atoms with E-state index in [0.717, 1.165) is 43.3 Å². The van der Waals surface area contributed by atoms with Crippen molar-refractivity contribution in [3.05, 3.63) is 106 Å². The molecule has 9 nitrogen and oxygen atoms in total. The average molecular weight is 657 g/mol. The number of carbonyl (C=O) groups is 1. The van der Waals surface area contributed by atoms with Gasteiger partial charge in [0.2, 0.25) is 11.7 Å². The van der Waals surface area contributed by atoms with Gasteiger partial charge in [0.05, 0.1) is 31.0 Å². The summed E-state index contributed by atoms with van der Waals surface area (Å²) in [7, 11) is 0. The van der Waals surface area contributed by atoms with Gasteiger partial charge in [0.15, 0.2) is 0 Å². The summed E-state index contributed by atoms with van der Waals surface area (Å²) < 4.78 is 20.7. The molecule has 1 amide bonds. The van der Waals surface area contributed by atoms with Crippen LogP contribution >= 0.6 is 34.8 Å². The van der Waals surface area contributed by atoms with E-state index in [1.54, 1.807) is 48.9 Å². The number of nitrogens with one attached hydrogen (secondary N) is 1. The Hall–Kier alpha value is -3.31. The second-order valence-corrected chi connectivity index (χ2v) is 12.1. The molecule has 2 aliphatic rings. The number of rotatable bonds is 10. The molecule has 44 heavy (non-hydrogen) atoms. The van der Waals surface area contributed by atoms with Crippen LogP contribution in [0, 0.1) is 0 Å². The maximum Gasteiger partial charge on any atom is 0.238 e. The Kier molecular flexibility index (Phi) is 9.61. The van der Waals surface area contributed by atoms with E-state index in [-0.39, 0.29) is 12.0 Å². The summed E-state index contributed by atoms with van der Waals surface area (Å²) in [5, 5.41) is 4.57. The fraction of sp³-hybridized carbons (Fsp3) is 0.312. The Morgan fingerprint density at radius 3 is 2.43 bits per heavy atom. The van der Waals surface area contributed by atoms with Gasteiger partial charge in [-0.3, -0.25) is 9.69 Å². The summed E-state index contributed by atoms with van der Waals surface area (Å²) in [4.78, 5) is 21.1. The number of hydrogen-bond donors (Lipinski definition) is 1. The molecule has 3 aromatic carbocycles. The highest BCUT2D eigenvalue weighted by atomic mass is 35.5. The quantitative estimate of drug-likeness (QED) is 0.226. The topological polar surface area (TPSA) is 81.1 Å². The Bertz CT molecular complexity index is 1550. The van der Waals surface area contributed by atoms with Crippen molar-refractivity contribution in [2.75, 3.05) is 56.2 Å². The van der Waals surface area contributed by atoms with Gasteiger partial charge in [0.1, 0.15) is 18.5 Å². The van der Waals surface area contributed by atoms with E-state index in [9.17, 15) is 4.79 Å². The third-order valence-corrected chi connectivity index (χ3v) is 8.46. The summed E-state index contributed by atoms with van der Waals surface area (Å²) >= 11 is 18.6. The molecule has 4 aromatic rings. The summed E-state index contributed by atoms with van der Waals surface area (Å²) in [6.07, 6.45) is 4.96. The molecule has 0 unspecified atom stereocenters. The molecule has 2 aliphatic heterocycles. The summed E-state index contributed by atoms with van der Waals surface area (Å²) in [6, 6.07) is 20.5. The van der Waals surface area contributed by atoms with Crippen molar-refractivity contribution in [1.29, 1.82) is 0 Å². The monoisotopic (exact) mass is 655 g/mol. The van der Waals surface area contributed by atoms with Crippen molar-refractivity contribution in [1.82, 2.24) is 14.5 Å². The van der Waals surface area contributed by atoms with Gasteiger partial charge in [-0.2, -0.15) is 0 Å². The van der Waals surface area contributed by atoms with Crippen LogP contribution < -0.4 is 15.0 Å². The Balaban J connectivity index is 0.993. The van der Waals surface area contributed by atoms with Crippen molar-refractivity contribution in [2.45, 2.75) is 18.4 Å². The molecular formula is C32H32Cl3N5O4. The van der Waals surface area contributed by atoms with Crippen molar-refractivity contribution >= 4 is 52.1 Å². The molecule has 1 N–H and O–H groups in total. The number of anilines is 2. The number of imidazole rings is 1. The number of nitrogens with zero attached hydrogens (tertiary/aromatic N) is 4. The van der Waals surface area contributed by atoms with Crippen LogP contribution in [0.4, 0.5) is 11.4 Å². The van der Waals surface area contributed by atoms with E-state index >= 15 is 0 Å². The molecule has 3 heterocycles. The molecular weight excluding hydrogens is 625 g/mol. The Morgan fingerprint density at radius 1 is 0.977 bits per heavy atom. The van der Waals surface area contributed by atoms with E-state index < -0.39 is 5.79 Å². The zero-order chi connectivity index (χ0) is 30.5. The number of ether oxygens (including phenoxy) is 3. The van der Waals surface area contributed by atoms with Gasteiger partial charge in [0.25, 0.3) is 0 Å². The second kappa shape index (κ2) is 13.8. The van der Waals surface area contributed by atoms with Gasteiger partial charge in [-0.1, -0.05) is 40.9 Å². The zero-order valence-corrected chi connectivity index (χ0v) is 26.1. The lowest BCUT2D eigenvalue weighted by Gasteiger charge is -2.35. The molecule has 2 saturated heterocycles. The molecule has 2 atom stereocenters. The molecule has 12 heteroatoms. The van der Waals surface area contributed by atoms with Gasteiger partial charge in [0, 0.05) is 65.6 Å². The Labute approximate surface area is 271 Å². The fourth-order valence-corrected chi connectivity index (χ4v) is 6.10. The molecule has 1 aromatic heterocycles. The third-order valence-electron chi connectivity index (χ3n) is 7.66. The molecule has 6 rings (SSSR count). The number of amides is 1. The lowest BCUT2D eigenvalue weighted by molar-refractivity contribution is -0.189. The smallest absolute Gasteiger partial charge is 0.238 e. The summed E-state index contributed by atoms with van der Waals surface area (Å²) in [5.74, 6) is -0.389. The lowest BCUT2D eigenvalue weighted by Crippen LogP contribution is -2.48. The van der Waals surface area contributed by atoms with Crippen LogP contribution in [0.15, 0.2) is 85.5 Å². The van der Waals surface area contributed by atoms with Crippen LogP contribution in [0.3, 0.4) is 0 Å². The van der Waals surface area contributed by atoms with Gasteiger partial charge >= 0.3 is 0 Å². The van der Waals surface area contributed by atoms with Crippen molar-refractivity contribution in [2.24, 2.45) is 0 Å². The minimum absolute atomic E-state index is 0.0332. The minimum Gasteiger partial charge on any atom is -0.491 e. The average Bonchev–Trinajstić information content (AvgIpc) is 3.68. The number of halogens is 3. The van der Waals surface area contributed by atoms with Crippen LogP contribution in [-0.4, -0.2) is 72.4 Å². The van der Waals surface area contributed by atoms with E-state index in [2.05, 4.69) is 32.2 Å². The highest BCUT2D eigenvalue weighted by molar-refractivity contribution is 6.35. The molecule has 0 bridgehead atoms. The number of benzene rings is 3. The molecule has 0 saturated carbocycles. The number of aromatic nitrogens is 2. The van der Waals surface area contributed by atoms with Crippen LogP contribution in [0.25, 0.3) is 0 Å². The molecule has 230 valence electrons. The third kappa shape index (κ3) is 7.48. The first kappa shape index (κ1) is 30.7. The highest BCUT2D eigenvalue weighted by Crippen LogP contribution is 2.40. The predicted molar refractivity (Wildman–Crippen MR) is 172 cm³/mol. The van der Waals surface area contributed by atoms with Gasteiger partial charge < -0.3 is 29.0 Å². The fourth-order valence-electron chi connectivity index (χ4n) is 5.42. The van der Waals surface area contributed by atoms with Crippen LogP contribution in [0.1, 0.15) is 5.56 Å². The molecule has 2 fully saturated rings. The number of piperazine rings is 1. The van der Waals surface area contributed by atoms with Gasteiger partial charge in [-0.15, -0.1) is 0 Å². The maximum atomic E-state index is 12.5.